The number of hydrogen-bond acceptors (Lipinski definition) is 3. The Hall–Kier alpha value is -3.15. The van der Waals surface area contributed by atoms with E-state index in [9.17, 15) is 14.4 Å². The van der Waals surface area contributed by atoms with Gasteiger partial charge in [-0.3, -0.25) is 14.4 Å². The van der Waals surface area contributed by atoms with Gasteiger partial charge < -0.3 is 16.0 Å². The Bertz CT molecular complexity index is 870. The molecule has 0 heterocycles. The zero-order valence-corrected chi connectivity index (χ0v) is 16.9. The van der Waals surface area contributed by atoms with Crippen molar-refractivity contribution in [1.29, 1.82) is 0 Å². The van der Waals surface area contributed by atoms with Crippen molar-refractivity contribution < 1.29 is 14.4 Å². The number of carbonyl (C=O) groups excluding carboxylic acids is 3. The Balaban J connectivity index is 2.10. The average molecular weight is 381 g/mol. The second-order valence-electron chi connectivity index (χ2n) is 7.78. The van der Waals surface area contributed by atoms with Crippen LogP contribution in [0.15, 0.2) is 48.5 Å². The molecule has 28 heavy (non-hydrogen) atoms. The number of aryl methyl sites for hydroxylation is 1. The second-order valence-corrected chi connectivity index (χ2v) is 7.78. The zero-order valence-electron chi connectivity index (χ0n) is 16.9. The lowest BCUT2D eigenvalue weighted by Gasteiger charge is -2.23. The molecular weight excluding hydrogens is 354 g/mol. The monoisotopic (exact) mass is 381 g/mol. The first kappa shape index (κ1) is 21.2. The van der Waals surface area contributed by atoms with Crippen LogP contribution in [0.25, 0.3) is 0 Å². The maximum absolute atomic E-state index is 12.5. The van der Waals surface area contributed by atoms with Crippen molar-refractivity contribution in [3.8, 4) is 0 Å². The van der Waals surface area contributed by atoms with Crippen LogP contribution < -0.4 is 16.0 Å². The summed E-state index contributed by atoms with van der Waals surface area (Å²) in [7, 11) is 0. The van der Waals surface area contributed by atoms with Gasteiger partial charge in [-0.1, -0.05) is 24.3 Å². The maximum atomic E-state index is 12.5. The van der Waals surface area contributed by atoms with Crippen LogP contribution in [-0.2, 0) is 4.79 Å². The molecule has 1 atom stereocenters. The topological polar surface area (TPSA) is 87.3 Å². The zero-order chi connectivity index (χ0) is 20.9. The van der Waals surface area contributed by atoms with Crippen molar-refractivity contribution in [3.63, 3.8) is 0 Å². The van der Waals surface area contributed by atoms with Crippen LogP contribution >= 0.6 is 0 Å². The van der Waals surface area contributed by atoms with E-state index in [1.54, 1.807) is 49.4 Å². The minimum Gasteiger partial charge on any atom is -0.350 e. The summed E-state index contributed by atoms with van der Waals surface area (Å²) in [5.74, 6) is -0.892. The summed E-state index contributed by atoms with van der Waals surface area (Å²) < 4.78 is 0. The first-order valence-corrected chi connectivity index (χ1v) is 9.17. The van der Waals surface area contributed by atoms with Gasteiger partial charge in [0.2, 0.25) is 5.91 Å². The van der Waals surface area contributed by atoms with Crippen molar-refractivity contribution >= 4 is 23.4 Å². The van der Waals surface area contributed by atoms with E-state index in [1.807, 2.05) is 33.8 Å². The molecule has 0 saturated heterocycles. The van der Waals surface area contributed by atoms with Crippen molar-refractivity contribution in [2.24, 2.45) is 0 Å². The minimum absolute atomic E-state index is 0.251. The Kier molecular flexibility index (Phi) is 6.57. The lowest BCUT2D eigenvalue weighted by Crippen LogP contribution is -2.50. The van der Waals surface area contributed by atoms with E-state index in [0.717, 1.165) is 5.56 Å². The Morgan fingerprint density at radius 2 is 1.54 bits per heavy atom. The highest BCUT2D eigenvalue weighted by Crippen LogP contribution is 2.18. The van der Waals surface area contributed by atoms with Gasteiger partial charge >= 0.3 is 0 Å². The third kappa shape index (κ3) is 5.94. The molecule has 1 unspecified atom stereocenters. The molecule has 0 radical (unpaired) electrons. The highest BCUT2D eigenvalue weighted by molar-refractivity contribution is 6.05. The molecule has 2 rings (SSSR count). The summed E-state index contributed by atoms with van der Waals surface area (Å²) in [5, 5.41) is 8.35. The summed E-state index contributed by atoms with van der Waals surface area (Å²) in [6.07, 6.45) is 0. The normalized spacial score (nSPS) is 12.0. The third-order valence-corrected chi connectivity index (χ3v) is 4.02. The Labute approximate surface area is 165 Å². The number of rotatable bonds is 5. The van der Waals surface area contributed by atoms with Crippen LogP contribution in [0.3, 0.4) is 0 Å². The molecule has 0 aromatic heterocycles. The van der Waals surface area contributed by atoms with E-state index in [0.29, 0.717) is 16.8 Å². The van der Waals surface area contributed by atoms with Gasteiger partial charge in [0.25, 0.3) is 11.8 Å². The molecule has 2 aromatic carbocycles. The smallest absolute Gasteiger partial charge is 0.255 e. The summed E-state index contributed by atoms with van der Waals surface area (Å²) in [6, 6.07) is 13.2. The van der Waals surface area contributed by atoms with E-state index in [2.05, 4.69) is 16.0 Å². The van der Waals surface area contributed by atoms with Gasteiger partial charge in [-0.05, 0) is 64.4 Å². The maximum Gasteiger partial charge on any atom is 0.255 e. The summed E-state index contributed by atoms with van der Waals surface area (Å²) in [4.78, 5) is 37.1. The second kappa shape index (κ2) is 8.69. The van der Waals surface area contributed by atoms with Crippen molar-refractivity contribution in [2.75, 3.05) is 5.32 Å². The highest BCUT2D eigenvalue weighted by atomic mass is 16.2. The standard InChI is InChI=1S/C22H27N3O3/c1-14-11-12-17(21(28)23-15(2)19(26)25-22(3,4)5)13-18(14)24-20(27)16-9-7-6-8-10-16/h6-13,15H,1-5H3,(H,23,28)(H,24,27)(H,25,26). The van der Waals surface area contributed by atoms with Crippen molar-refractivity contribution in [2.45, 2.75) is 46.2 Å². The van der Waals surface area contributed by atoms with E-state index >= 15 is 0 Å². The molecule has 6 nitrogen and oxygen atoms in total. The molecule has 0 spiro atoms. The summed E-state index contributed by atoms with van der Waals surface area (Å²) in [5.41, 5.74) is 1.90. The third-order valence-electron chi connectivity index (χ3n) is 4.02. The lowest BCUT2D eigenvalue weighted by atomic mass is 10.1. The highest BCUT2D eigenvalue weighted by Gasteiger charge is 2.21. The fourth-order valence-corrected chi connectivity index (χ4v) is 2.51. The van der Waals surface area contributed by atoms with Gasteiger partial charge in [0.1, 0.15) is 6.04 Å². The van der Waals surface area contributed by atoms with Crippen LogP contribution in [0.1, 0.15) is 54.0 Å². The number of nitrogens with one attached hydrogen (secondary N) is 3. The van der Waals surface area contributed by atoms with Crippen LogP contribution in [0.5, 0.6) is 0 Å². The molecule has 3 amide bonds. The average Bonchev–Trinajstić information content (AvgIpc) is 2.62. The molecule has 2 aromatic rings. The Morgan fingerprint density at radius 1 is 0.893 bits per heavy atom. The van der Waals surface area contributed by atoms with E-state index in [4.69, 9.17) is 0 Å². The quantitative estimate of drug-likeness (QED) is 0.743. The molecule has 0 aliphatic rings. The molecule has 0 aliphatic carbocycles. The van der Waals surface area contributed by atoms with Crippen molar-refractivity contribution in [3.05, 3.63) is 65.2 Å². The molecule has 0 saturated carbocycles. The summed E-state index contributed by atoms with van der Waals surface area (Å²) in [6.45, 7) is 9.11. The van der Waals surface area contributed by atoms with Crippen molar-refractivity contribution in [1.82, 2.24) is 10.6 Å². The number of hydrogen-bond donors (Lipinski definition) is 3. The predicted molar refractivity (Wildman–Crippen MR) is 110 cm³/mol. The molecule has 0 aliphatic heterocycles. The van der Waals surface area contributed by atoms with E-state index in [-0.39, 0.29) is 23.3 Å². The van der Waals surface area contributed by atoms with Gasteiger partial charge in [-0.25, -0.2) is 0 Å². The van der Waals surface area contributed by atoms with E-state index in [1.165, 1.54) is 0 Å². The van der Waals surface area contributed by atoms with Gasteiger partial charge in [0.05, 0.1) is 0 Å². The van der Waals surface area contributed by atoms with Crippen LogP contribution in [0, 0.1) is 6.92 Å². The first-order valence-electron chi connectivity index (χ1n) is 9.17. The fraction of sp³-hybridized carbons (Fsp3) is 0.318. The molecule has 6 heteroatoms. The molecule has 0 fully saturated rings. The predicted octanol–water partition coefficient (Wildman–Crippen LogP) is 3.28. The van der Waals surface area contributed by atoms with Crippen LogP contribution in [0.2, 0.25) is 0 Å². The first-order chi connectivity index (χ1) is 13.1. The minimum atomic E-state index is -0.685. The number of anilines is 1. The van der Waals surface area contributed by atoms with E-state index < -0.39 is 6.04 Å². The van der Waals surface area contributed by atoms with Gasteiger partial charge in [-0.2, -0.15) is 0 Å². The molecular formula is C22H27N3O3. The number of amides is 3. The molecule has 3 N–H and O–H groups in total. The van der Waals surface area contributed by atoms with Gasteiger partial charge in [0, 0.05) is 22.4 Å². The largest absolute Gasteiger partial charge is 0.350 e. The Morgan fingerprint density at radius 3 is 2.14 bits per heavy atom. The molecule has 148 valence electrons. The summed E-state index contributed by atoms with van der Waals surface area (Å²) >= 11 is 0. The fourth-order valence-electron chi connectivity index (χ4n) is 2.51. The lowest BCUT2D eigenvalue weighted by molar-refractivity contribution is -0.124. The van der Waals surface area contributed by atoms with Crippen LogP contribution in [0.4, 0.5) is 5.69 Å². The van der Waals surface area contributed by atoms with Crippen LogP contribution in [-0.4, -0.2) is 29.3 Å². The van der Waals surface area contributed by atoms with Gasteiger partial charge in [-0.15, -0.1) is 0 Å². The number of carbonyl (C=O) groups is 3. The molecule has 0 bridgehead atoms. The van der Waals surface area contributed by atoms with Gasteiger partial charge in [0.15, 0.2) is 0 Å². The SMILES string of the molecule is Cc1ccc(C(=O)NC(C)C(=O)NC(C)(C)C)cc1NC(=O)c1ccccc1. The number of benzene rings is 2.